The van der Waals surface area contributed by atoms with Gasteiger partial charge in [-0.05, 0) is 38.2 Å². The number of aliphatic carboxylic acids is 1. The Hall–Kier alpha value is -2.00. The number of sulfonamides is 1. The molecule has 140 valence electrons. The highest BCUT2D eigenvalue weighted by Crippen LogP contribution is 2.42. The number of fused-ring (bicyclic) bond motifs is 2. The first-order valence-electron chi connectivity index (χ1n) is 8.86. The molecule has 0 spiro atoms. The van der Waals surface area contributed by atoms with E-state index in [1.807, 2.05) is 0 Å². The van der Waals surface area contributed by atoms with Crippen molar-refractivity contribution in [1.29, 1.82) is 0 Å². The number of aromatic nitrogens is 3. The van der Waals surface area contributed by atoms with Crippen molar-refractivity contribution in [2.24, 2.45) is 13.0 Å². The van der Waals surface area contributed by atoms with Gasteiger partial charge in [0.15, 0.2) is 5.65 Å². The fourth-order valence-corrected chi connectivity index (χ4v) is 6.37. The average Bonchev–Trinajstić information content (AvgIpc) is 3.13. The fraction of sp³-hybridized carbons (Fsp3) is 0.588. The Morgan fingerprint density at radius 2 is 2.04 bits per heavy atom. The molecule has 3 heterocycles. The summed E-state index contributed by atoms with van der Waals surface area (Å²) in [6.45, 7) is 1.80. The second-order valence-electron chi connectivity index (χ2n) is 7.29. The van der Waals surface area contributed by atoms with Gasteiger partial charge in [-0.1, -0.05) is 12.8 Å². The number of hydrogen-bond acceptors (Lipinski definition) is 5. The molecular weight excluding hydrogens is 356 g/mol. The van der Waals surface area contributed by atoms with E-state index in [1.165, 1.54) is 10.5 Å². The van der Waals surface area contributed by atoms with Crippen LogP contribution in [0.2, 0.25) is 0 Å². The van der Waals surface area contributed by atoms with Crippen molar-refractivity contribution in [3.05, 3.63) is 18.0 Å². The third kappa shape index (κ3) is 2.52. The van der Waals surface area contributed by atoms with Crippen LogP contribution in [0, 0.1) is 12.8 Å². The molecule has 9 heteroatoms. The smallest absolute Gasteiger partial charge is 0.322 e. The van der Waals surface area contributed by atoms with Crippen molar-refractivity contribution < 1.29 is 18.3 Å². The summed E-state index contributed by atoms with van der Waals surface area (Å²) in [5.74, 6) is -0.953. The van der Waals surface area contributed by atoms with Gasteiger partial charge < -0.3 is 5.11 Å². The van der Waals surface area contributed by atoms with Gasteiger partial charge in [-0.25, -0.2) is 13.4 Å². The van der Waals surface area contributed by atoms with Gasteiger partial charge in [0, 0.05) is 24.7 Å². The van der Waals surface area contributed by atoms with Crippen molar-refractivity contribution >= 4 is 27.0 Å². The first kappa shape index (κ1) is 17.4. The highest BCUT2D eigenvalue weighted by molar-refractivity contribution is 7.89. The molecule has 1 saturated heterocycles. The molecule has 0 amide bonds. The molecule has 1 saturated carbocycles. The van der Waals surface area contributed by atoms with Gasteiger partial charge >= 0.3 is 5.97 Å². The molecule has 0 aromatic carbocycles. The van der Waals surface area contributed by atoms with Gasteiger partial charge in [0.05, 0.1) is 5.69 Å². The van der Waals surface area contributed by atoms with E-state index in [1.54, 1.807) is 24.7 Å². The number of hydrogen-bond donors (Lipinski definition) is 1. The summed E-state index contributed by atoms with van der Waals surface area (Å²) < 4.78 is 29.6. The van der Waals surface area contributed by atoms with Gasteiger partial charge in [0.1, 0.15) is 10.9 Å². The molecule has 1 aliphatic heterocycles. The Balaban J connectivity index is 1.81. The lowest BCUT2D eigenvalue weighted by atomic mass is 9.85. The molecule has 2 aliphatic rings. The second kappa shape index (κ2) is 6.02. The molecule has 3 atom stereocenters. The number of aryl methyl sites for hydroxylation is 2. The predicted molar refractivity (Wildman–Crippen MR) is 94.1 cm³/mol. The van der Waals surface area contributed by atoms with Gasteiger partial charge in [0.25, 0.3) is 0 Å². The van der Waals surface area contributed by atoms with E-state index in [9.17, 15) is 18.3 Å². The number of carboxylic acids is 1. The first-order chi connectivity index (χ1) is 12.3. The quantitative estimate of drug-likeness (QED) is 0.871. The van der Waals surface area contributed by atoms with Gasteiger partial charge in [0.2, 0.25) is 10.0 Å². The highest BCUT2D eigenvalue weighted by atomic mass is 32.2. The van der Waals surface area contributed by atoms with E-state index in [-0.39, 0.29) is 16.9 Å². The van der Waals surface area contributed by atoms with E-state index < -0.39 is 22.0 Å². The zero-order chi connectivity index (χ0) is 18.6. The minimum atomic E-state index is -3.95. The molecule has 4 rings (SSSR count). The van der Waals surface area contributed by atoms with Crippen LogP contribution in [0.1, 0.15) is 37.8 Å². The molecule has 1 aliphatic carbocycles. The van der Waals surface area contributed by atoms with Crippen LogP contribution in [-0.4, -0.2) is 50.6 Å². The Labute approximate surface area is 151 Å². The third-order valence-electron chi connectivity index (χ3n) is 5.73. The van der Waals surface area contributed by atoms with Crippen LogP contribution in [0.4, 0.5) is 0 Å². The van der Waals surface area contributed by atoms with Crippen molar-refractivity contribution in [1.82, 2.24) is 19.1 Å². The second-order valence-corrected chi connectivity index (χ2v) is 9.13. The van der Waals surface area contributed by atoms with E-state index in [4.69, 9.17) is 0 Å². The van der Waals surface area contributed by atoms with E-state index in [2.05, 4.69) is 10.1 Å². The topological polar surface area (TPSA) is 105 Å². The SMILES string of the molecule is Cc1nn(C)c2ncc(S(=O)(=O)N3C(C(=O)O)CC4CCCCC43)cc12. The highest BCUT2D eigenvalue weighted by Gasteiger charge is 2.51. The number of rotatable bonds is 3. The summed E-state index contributed by atoms with van der Waals surface area (Å²) in [4.78, 5) is 16.1. The van der Waals surface area contributed by atoms with Crippen LogP contribution >= 0.6 is 0 Å². The lowest BCUT2D eigenvalue weighted by Crippen LogP contribution is -2.46. The summed E-state index contributed by atoms with van der Waals surface area (Å²) in [5.41, 5.74) is 1.30. The number of pyridine rings is 1. The fourth-order valence-electron chi connectivity index (χ4n) is 4.53. The molecule has 2 aromatic rings. The first-order valence-corrected chi connectivity index (χ1v) is 10.3. The molecule has 26 heavy (non-hydrogen) atoms. The maximum Gasteiger partial charge on any atom is 0.322 e. The average molecular weight is 378 g/mol. The van der Waals surface area contributed by atoms with Crippen LogP contribution in [0.15, 0.2) is 17.2 Å². The normalized spacial score (nSPS) is 26.9. The largest absolute Gasteiger partial charge is 0.480 e. The molecule has 8 nitrogen and oxygen atoms in total. The minimum absolute atomic E-state index is 0.0403. The summed E-state index contributed by atoms with van der Waals surface area (Å²) in [5, 5.41) is 14.6. The lowest BCUT2D eigenvalue weighted by Gasteiger charge is -2.32. The Kier molecular flexibility index (Phi) is 4.03. The molecular formula is C17H22N4O4S. The molecule has 0 bridgehead atoms. The maximum atomic E-state index is 13.4. The molecule has 1 N–H and O–H groups in total. The molecule has 2 fully saturated rings. The molecule has 0 radical (unpaired) electrons. The monoisotopic (exact) mass is 378 g/mol. The Morgan fingerprint density at radius 3 is 2.77 bits per heavy atom. The van der Waals surface area contributed by atoms with Crippen LogP contribution in [0.3, 0.4) is 0 Å². The summed E-state index contributed by atoms with van der Waals surface area (Å²) in [6.07, 6.45) is 5.27. The van der Waals surface area contributed by atoms with E-state index in [0.29, 0.717) is 23.1 Å². The summed E-state index contributed by atoms with van der Waals surface area (Å²) in [6, 6.07) is 0.328. The van der Waals surface area contributed by atoms with Crippen LogP contribution in [0.5, 0.6) is 0 Å². The number of carbonyl (C=O) groups is 1. The van der Waals surface area contributed by atoms with Crippen molar-refractivity contribution in [3.63, 3.8) is 0 Å². The van der Waals surface area contributed by atoms with Gasteiger partial charge in [-0.2, -0.15) is 9.40 Å². The summed E-state index contributed by atoms with van der Waals surface area (Å²) in [7, 11) is -2.20. The number of nitrogens with zero attached hydrogens (tertiary/aromatic N) is 4. The standard InChI is InChI=1S/C17H22N4O4S/c1-10-13-8-12(9-18-16(13)20(2)19-10)26(24,25)21-14-6-4-3-5-11(14)7-15(21)17(22)23/h8-9,11,14-15H,3-7H2,1-2H3,(H,22,23). The van der Waals surface area contributed by atoms with Crippen LogP contribution in [0.25, 0.3) is 11.0 Å². The number of carboxylic acid groups (broad SMARTS) is 1. The summed E-state index contributed by atoms with van der Waals surface area (Å²) >= 11 is 0. The van der Waals surface area contributed by atoms with Crippen LogP contribution in [-0.2, 0) is 21.9 Å². The predicted octanol–water partition coefficient (Wildman–Crippen LogP) is 1.68. The van der Waals surface area contributed by atoms with Gasteiger partial charge in [-0.3, -0.25) is 9.48 Å². The van der Waals surface area contributed by atoms with Crippen molar-refractivity contribution in [2.45, 2.75) is 56.0 Å². The Morgan fingerprint density at radius 1 is 1.31 bits per heavy atom. The van der Waals surface area contributed by atoms with E-state index >= 15 is 0 Å². The minimum Gasteiger partial charge on any atom is -0.480 e. The molecule has 3 unspecified atom stereocenters. The third-order valence-corrected chi connectivity index (χ3v) is 7.63. The zero-order valence-corrected chi connectivity index (χ0v) is 15.6. The maximum absolute atomic E-state index is 13.4. The van der Waals surface area contributed by atoms with Crippen LogP contribution < -0.4 is 0 Å². The van der Waals surface area contributed by atoms with E-state index in [0.717, 1.165) is 25.7 Å². The van der Waals surface area contributed by atoms with Gasteiger partial charge in [-0.15, -0.1) is 0 Å². The van der Waals surface area contributed by atoms with Crippen molar-refractivity contribution in [3.8, 4) is 0 Å². The molecule has 2 aromatic heterocycles. The lowest BCUT2D eigenvalue weighted by molar-refractivity contribution is -0.141. The van der Waals surface area contributed by atoms with Crippen molar-refractivity contribution in [2.75, 3.05) is 0 Å². The Bertz CT molecular complexity index is 984. The zero-order valence-electron chi connectivity index (χ0n) is 14.8.